The Morgan fingerprint density at radius 1 is 1.58 bits per heavy atom. The monoisotopic (exact) mass is 171 g/mol. The van der Waals surface area contributed by atoms with Crippen LogP contribution in [-0.2, 0) is 4.79 Å². The largest absolute Gasteiger partial charge is 0.478 e. The molecule has 2 N–H and O–H groups in total. The molecular weight excluding hydrogens is 154 g/mol. The first-order chi connectivity index (χ1) is 5.57. The molecule has 0 aromatic rings. The van der Waals surface area contributed by atoms with Gasteiger partial charge in [-0.3, -0.25) is 0 Å². The molecule has 12 heavy (non-hydrogen) atoms. The Hall–Kier alpha value is -0.990. The van der Waals surface area contributed by atoms with Crippen molar-refractivity contribution in [2.45, 2.75) is 33.2 Å². The number of carbonyl (C=O) groups is 1. The summed E-state index contributed by atoms with van der Waals surface area (Å²) in [7, 11) is 0. The van der Waals surface area contributed by atoms with Gasteiger partial charge in [-0.1, -0.05) is 20.3 Å². The highest BCUT2D eigenvalue weighted by Gasteiger charge is 2.06. The van der Waals surface area contributed by atoms with Crippen LogP contribution in [0, 0.1) is 5.92 Å². The number of rotatable bonds is 5. The van der Waals surface area contributed by atoms with Crippen LogP contribution in [-0.4, -0.2) is 17.1 Å². The van der Waals surface area contributed by atoms with E-state index in [4.69, 9.17) is 5.11 Å². The van der Waals surface area contributed by atoms with E-state index in [0.29, 0.717) is 12.0 Å². The Morgan fingerprint density at radius 2 is 2.17 bits per heavy atom. The van der Waals surface area contributed by atoms with Crippen LogP contribution in [0.1, 0.15) is 27.2 Å². The second kappa shape index (κ2) is 5.63. The maximum atomic E-state index is 10.1. The summed E-state index contributed by atoms with van der Waals surface area (Å²) in [5, 5.41) is 11.3. The van der Waals surface area contributed by atoms with Crippen molar-refractivity contribution >= 4 is 5.97 Å². The third-order valence-corrected chi connectivity index (χ3v) is 2.08. The fraction of sp³-hybridized carbons (Fsp3) is 0.667. The average Bonchev–Trinajstić information content (AvgIpc) is 2.02. The molecule has 0 aromatic carbocycles. The quantitative estimate of drug-likeness (QED) is 0.618. The van der Waals surface area contributed by atoms with Crippen LogP contribution in [0.5, 0.6) is 0 Å². The lowest BCUT2D eigenvalue weighted by molar-refractivity contribution is -0.131. The predicted octanol–water partition coefficient (Wildman–Crippen LogP) is 1.61. The van der Waals surface area contributed by atoms with E-state index >= 15 is 0 Å². The van der Waals surface area contributed by atoms with Gasteiger partial charge in [0, 0.05) is 18.3 Å². The first kappa shape index (κ1) is 11.0. The van der Waals surface area contributed by atoms with Crippen LogP contribution in [0.3, 0.4) is 0 Å². The highest BCUT2D eigenvalue weighted by Crippen LogP contribution is 2.05. The number of carboxylic acids is 1. The van der Waals surface area contributed by atoms with Gasteiger partial charge in [-0.25, -0.2) is 4.79 Å². The van der Waals surface area contributed by atoms with Gasteiger partial charge in [0.05, 0.1) is 0 Å². The van der Waals surface area contributed by atoms with Crippen molar-refractivity contribution in [2.75, 3.05) is 0 Å². The van der Waals surface area contributed by atoms with Crippen LogP contribution in [0.25, 0.3) is 0 Å². The molecule has 0 rings (SSSR count). The van der Waals surface area contributed by atoms with Crippen molar-refractivity contribution in [3.8, 4) is 0 Å². The van der Waals surface area contributed by atoms with Crippen LogP contribution in [0.2, 0.25) is 0 Å². The summed E-state index contributed by atoms with van der Waals surface area (Å²) in [6, 6.07) is 0.325. The zero-order valence-electron chi connectivity index (χ0n) is 7.87. The van der Waals surface area contributed by atoms with E-state index in [0.717, 1.165) is 12.5 Å². The normalized spacial score (nSPS) is 15.9. The van der Waals surface area contributed by atoms with Crippen LogP contribution in [0.15, 0.2) is 12.3 Å². The van der Waals surface area contributed by atoms with Crippen LogP contribution < -0.4 is 5.32 Å². The van der Waals surface area contributed by atoms with E-state index in [2.05, 4.69) is 19.2 Å². The minimum atomic E-state index is -0.918. The number of hydrogen-bond donors (Lipinski definition) is 2. The zero-order valence-corrected chi connectivity index (χ0v) is 7.87. The topological polar surface area (TPSA) is 49.3 Å². The van der Waals surface area contributed by atoms with Gasteiger partial charge in [-0.05, 0) is 12.8 Å². The van der Waals surface area contributed by atoms with E-state index in [-0.39, 0.29) is 0 Å². The van der Waals surface area contributed by atoms with Gasteiger partial charge in [-0.2, -0.15) is 0 Å². The lowest BCUT2D eigenvalue weighted by atomic mass is 10.0. The molecule has 2 atom stereocenters. The molecule has 0 aliphatic carbocycles. The summed E-state index contributed by atoms with van der Waals surface area (Å²) >= 11 is 0. The van der Waals surface area contributed by atoms with E-state index in [1.165, 1.54) is 6.20 Å². The van der Waals surface area contributed by atoms with E-state index in [9.17, 15) is 4.79 Å². The second-order valence-electron chi connectivity index (χ2n) is 3.01. The molecule has 0 fully saturated rings. The van der Waals surface area contributed by atoms with Crippen molar-refractivity contribution in [3.05, 3.63) is 12.3 Å². The molecule has 0 amide bonds. The molecule has 0 spiro atoms. The first-order valence-corrected chi connectivity index (χ1v) is 4.23. The Morgan fingerprint density at radius 3 is 2.58 bits per heavy atom. The van der Waals surface area contributed by atoms with Gasteiger partial charge in [0.2, 0.25) is 0 Å². The van der Waals surface area contributed by atoms with Crippen LogP contribution >= 0.6 is 0 Å². The third kappa shape index (κ3) is 4.77. The number of aliphatic carboxylic acids is 1. The standard InChI is InChI=1S/C9H17NO2/c1-4-7(2)8(3)10-6-5-9(11)12/h5-8,10H,4H2,1-3H3,(H,11,12)/b6-5+. The van der Waals surface area contributed by atoms with Gasteiger partial charge >= 0.3 is 5.97 Å². The number of carboxylic acid groups (broad SMARTS) is 1. The second-order valence-corrected chi connectivity index (χ2v) is 3.01. The summed E-state index contributed by atoms with van der Waals surface area (Å²) in [5.74, 6) is -0.359. The van der Waals surface area contributed by atoms with Gasteiger partial charge < -0.3 is 10.4 Å². The zero-order chi connectivity index (χ0) is 9.56. The SMILES string of the molecule is CCC(C)C(C)N/C=C/C(=O)O. The summed E-state index contributed by atoms with van der Waals surface area (Å²) in [6.07, 6.45) is 3.69. The van der Waals surface area contributed by atoms with Crippen molar-refractivity contribution in [3.63, 3.8) is 0 Å². The lowest BCUT2D eigenvalue weighted by Gasteiger charge is -2.17. The minimum absolute atomic E-state index is 0.325. The lowest BCUT2D eigenvalue weighted by Crippen LogP contribution is -2.27. The molecule has 3 nitrogen and oxygen atoms in total. The summed E-state index contributed by atoms with van der Waals surface area (Å²) < 4.78 is 0. The molecular formula is C9H17NO2. The average molecular weight is 171 g/mol. The predicted molar refractivity (Wildman–Crippen MR) is 48.8 cm³/mol. The Kier molecular flexibility index (Phi) is 5.17. The van der Waals surface area contributed by atoms with E-state index in [1.54, 1.807) is 0 Å². The summed E-state index contributed by atoms with van der Waals surface area (Å²) in [6.45, 7) is 6.29. The molecule has 0 aliphatic rings. The molecule has 0 aliphatic heterocycles. The Bertz CT molecular complexity index is 166. The maximum absolute atomic E-state index is 10.1. The molecule has 0 radical (unpaired) electrons. The Balaban J connectivity index is 3.70. The highest BCUT2D eigenvalue weighted by molar-refractivity contribution is 5.79. The molecule has 0 saturated heterocycles. The van der Waals surface area contributed by atoms with Gasteiger partial charge in [0.1, 0.15) is 0 Å². The molecule has 70 valence electrons. The smallest absolute Gasteiger partial charge is 0.329 e. The van der Waals surface area contributed by atoms with Crippen molar-refractivity contribution in [1.29, 1.82) is 0 Å². The summed E-state index contributed by atoms with van der Waals surface area (Å²) in [5.41, 5.74) is 0. The highest BCUT2D eigenvalue weighted by atomic mass is 16.4. The minimum Gasteiger partial charge on any atom is -0.478 e. The van der Waals surface area contributed by atoms with Gasteiger partial charge in [0.25, 0.3) is 0 Å². The molecule has 0 heterocycles. The van der Waals surface area contributed by atoms with Crippen LogP contribution in [0.4, 0.5) is 0 Å². The number of nitrogens with one attached hydrogen (secondary N) is 1. The molecule has 0 bridgehead atoms. The third-order valence-electron chi connectivity index (χ3n) is 2.08. The van der Waals surface area contributed by atoms with E-state index < -0.39 is 5.97 Å². The molecule has 3 heteroatoms. The van der Waals surface area contributed by atoms with Gasteiger partial charge in [0.15, 0.2) is 0 Å². The molecule has 0 saturated carbocycles. The first-order valence-electron chi connectivity index (χ1n) is 4.23. The van der Waals surface area contributed by atoms with Crippen molar-refractivity contribution in [1.82, 2.24) is 5.32 Å². The Labute approximate surface area is 73.5 Å². The fourth-order valence-corrected chi connectivity index (χ4v) is 0.789. The number of hydrogen-bond acceptors (Lipinski definition) is 2. The maximum Gasteiger partial charge on any atom is 0.329 e. The fourth-order valence-electron chi connectivity index (χ4n) is 0.789. The molecule has 0 aromatic heterocycles. The van der Waals surface area contributed by atoms with E-state index in [1.807, 2.05) is 6.92 Å². The van der Waals surface area contributed by atoms with Crippen molar-refractivity contribution < 1.29 is 9.90 Å². The van der Waals surface area contributed by atoms with Crippen molar-refractivity contribution in [2.24, 2.45) is 5.92 Å². The summed E-state index contributed by atoms with van der Waals surface area (Å²) in [4.78, 5) is 10.1. The molecule has 2 unspecified atom stereocenters. The van der Waals surface area contributed by atoms with Gasteiger partial charge in [-0.15, -0.1) is 0 Å².